The van der Waals surface area contributed by atoms with E-state index in [0.29, 0.717) is 11.3 Å². The molecule has 1 fully saturated rings. The molecule has 12 heteroatoms. The summed E-state index contributed by atoms with van der Waals surface area (Å²) in [6.07, 6.45) is 0. The molecule has 0 spiro atoms. The van der Waals surface area contributed by atoms with Crippen molar-refractivity contribution in [3.63, 3.8) is 0 Å². The summed E-state index contributed by atoms with van der Waals surface area (Å²) in [5.74, 6) is -1.35. The smallest absolute Gasteiger partial charge is 0.339 e. The lowest BCUT2D eigenvalue weighted by Gasteiger charge is -2.49. The molecule has 10 nitrogen and oxygen atoms in total. The van der Waals surface area contributed by atoms with Gasteiger partial charge in [0.15, 0.2) is 5.16 Å². The van der Waals surface area contributed by atoms with Crippen LogP contribution in [0.1, 0.15) is 0 Å². The van der Waals surface area contributed by atoms with Crippen molar-refractivity contribution in [3.8, 4) is 0 Å². The number of thioether (sulfide) groups is 2. The number of amides is 1. The Bertz CT molecular complexity index is 875. The van der Waals surface area contributed by atoms with E-state index in [0.717, 1.165) is 16.7 Å². The lowest BCUT2D eigenvalue weighted by atomic mass is 10.0. The lowest BCUT2D eigenvalue weighted by Crippen LogP contribution is -2.69. The first-order valence-electron chi connectivity index (χ1n) is 6.75. The highest BCUT2D eigenvalue weighted by molar-refractivity contribution is 8.01. The summed E-state index contributed by atoms with van der Waals surface area (Å²) in [5.41, 5.74) is 4.20. The molecule has 0 unspecified atom stereocenters. The molecular formula is C12H12N5O5S2-. The normalized spacial score (nSPS) is 23.1. The maximum absolute atomic E-state index is 11.8. The van der Waals surface area contributed by atoms with E-state index in [4.69, 9.17) is 5.73 Å². The number of rotatable bonds is 4. The molecule has 0 bridgehead atoms. The first-order chi connectivity index (χ1) is 11.3. The van der Waals surface area contributed by atoms with Crippen LogP contribution >= 0.6 is 23.5 Å². The van der Waals surface area contributed by atoms with Crippen LogP contribution in [0.5, 0.6) is 0 Å². The summed E-state index contributed by atoms with van der Waals surface area (Å²) < 4.78 is 1.27. The van der Waals surface area contributed by atoms with Gasteiger partial charge in [-0.25, -0.2) is 0 Å². The molecule has 0 aromatic carbocycles. The number of carboxylic acid groups (broad SMARTS) is 1. The van der Waals surface area contributed by atoms with Crippen LogP contribution in [0.2, 0.25) is 0 Å². The van der Waals surface area contributed by atoms with Crippen molar-refractivity contribution >= 4 is 35.4 Å². The molecule has 2 atom stereocenters. The number of fused-ring (bicyclic) bond motifs is 1. The number of carbonyl (C=O) groups excluding carboxylic acids is 2. The van der Waals surface area contributed by atoms with Crippen molar-refractivity contribution in [2.24, 2.45) is 12.8 Å². The zero-order chi connectivity index (χ0) is 17.6. The maximum atomic E-state index is 11.8. The first kappa shape index (κ1) is 16.8. The largest absolute Gasteiger partial charge is 0.543 e. The van der Waals surface area contributed by atoms with E-state index < -0.39 is 34.4 Å². The number of aryl methyl sites for hydroxylation is 1. The molecule has 2 aliphatic rings. The Hall–Kier alpha value is -2.05. The summed E-state index contributed by atoms with van der Waals surface area (Å²) in [7, 11) is 1.51. The number of nitrogens with zero attached hydrogens (tertiary/aromatic N) is 3. The fraction of sp³-hybridized carbons (Fsp3) is 0.417. The summed E-state index contributed by atoms with van der Waals surface area (Å²) in [4.78, 5) is 50.6. The van der Waals surface area contributed by atoms with Crippen LogP contribution in [-0.4, -0.2) is 54.5 Å². The van der Waals surface area contributed by atoms with Gasteiger partial charge in [0.05, 0.1) is 11.7 Å². The van der Waals surface area contributed by atoms with Crippen molar-refractivity contribution in [1.29, 1.82) is 0 Å². The summed E-state index contributed by atoms with van der Waals surface area (Å²) in [6, 6.07) is -0.708. The van der Waals surface area contributed by atoms with Crippen LogP contribution < -0.4 is 22.0 Å². The number of β-lactam (4-membered cyclic amide) rings is 1. The molecule has 0 aliphatic carbocycles. The highest BCUT2D eigenvalue weighted by Crippen LogP contribution is 2.40. The van der Waals surface area contributed by atoms with E-state index in [2.05, 4.69) is 10.1 Å². The minimum Gasteiger partial charge on any atom is -0.543 e. The molecule has 1 aromatic rings. The number of carboxylic acids is 1. The predicted molar refractivity (Wildman–Crippen MR) is 83.9 cm³/mol. The van der Waals surface area contributed by atoms with Crippen molar-refractivity contribution in [2.75, 3.05) is 11.5 Å². The minimum atomic E-state index is -1.44. The standard InChI is InChI=1S/C12H13N5O5S2/c1-16-12(14-7(18)8(19)15-16)24-3-4-2-23-10-5(13)9(20)17(10)6(4)11(21)22/h5,10H,2-3,13H2,1H3,(H,15,19)(H,21,22)/p-1/t5-,10-/m1/s1. The molecule has 0 saturated carbocycles. The highest BCUT2D eigenvalue weighted by atomic mass is 32.2. The zero-order valence-electron chi connectivity index (χ0n) is 12.3. The molecule has 3 N–H and O–H groups in total. The highest BCUT2D eigenvalue weighted by Gasteiger charge is 2.50. The number of hydrogen-bond donors (Lipinski definition) is 2. The van der Waals surface area contributed by atoms with E-state index in [1.165, 1.54) is 23.5 Å². The van der Waals surface area contributed by atoms with Gasteiger partial charge in [-0.2, -0.15) is 4.98 Å². The van der Waals surface area contributed by atoms with Gasteiger partial charge in [-0.1, -0.05) is 11.8 Å². The predicted octanol–water partition coefficient (Wildman–Crippen LogP) is -3.19. The number of H-pyrrole nitrogens is 1. The van der Waals surface area contributed by atoms with Crippen molar-refractivity contribution in [3.05, 3.63) is 32.0 Å². The second kappa shape index (κ2) is 6.11. The number of aromatic amines is 1. The molecule has 0 radical (unpaired) electrons. The van der Waals surface area contributed by atoms with Gasteiger partial charge in [-0.05, 0) is 5.57 Å². The fourth-order valence-corrected chi connectivity index (χ4v) is 4.77. The van der Waals surface area contributed by atoms with Crippen molar-refractivity contribution < 1.29 is 14.7 Å². The van der Waals surface area contributed by atoms with Crippen molar-refractivity contribution in [1.82, 2.24) is 19.7 Å². The van der Waals surface area contributed by atoms with E-state index >= 15 is 0 Å². The molecule has 1 aromatic heterocycles. The molecule has 1 saturated heterocycles. The van der Waals surface area contributed by atoms with E-state index in [1.54, 1.807) is 0 Å². The van der Waals surface area contributed by atoms with Crippen LogP contribution in [0.3, 0.4) is 0 Å². The van der Waals surface area contributed by atoms with Gasteiger partial charge in [0.25, 0.3) is 0 Å². The molecule has 1 amide bonds. The Morgan fingerprint density at radius 2 is 2.21 bits per heavy atom. The number of nitrogens with two attached hydrogens (primary N) is 1. The quantitative estimate of drug-likeness (QED) is 0.317. The van der Waals surface area contributed by atoms with Gasteiger partial charge in [-0.3, -0.25) is 29.1 Å². The second-order valence-electron chi connectivity index (χ2n) is 5.16. The van der Waals surface area contributed by atoms with Crippen LogP contribution in [0.25, 0.3) is 0 Å². The number of nitrogens with one attached hydrogen (secondary N) is 1. The second-order valence-corrected chi connectivity index (χ2v) is 7.21. The first-order valence-corrected chi connectivity index (χ1v) is 8.78. The number of aliphatic carboxylic acids is 1. The third-order valence-electron chi connectivity index (χ3n) is 3.60. The SMILES string of the molecule is Cn1[nH]c(=O)c(=O)nc1SCC1=C(C(=O)[O-])N2C(=O)[C@@H](N)[C@H]2SC1. The number of carbonyl (C=O) groups is 2. The van der Waals surface area contributed by atoms with Crippen LogP contribution in [0, 0.1) is 0 Å². The monoisotopic (exact) mass is 370 g/mol. The Kier molecular flexibility index (Phi) is 4.27. The zero-order valence-corrected chi connectivity index (χ0v) is 14.0. The summed E-state index contributed by atoms with van der Waals surface area (Å²) >= 11 is 2.45. The Morgan fingerprint density at radius 1 is 1.50 bits per heavy atom. The topological polar surface area (TPSA) is 154 Å². The molecule has 3 heterocycles. The van der Waals surface area contributed by atoms with Crippen molar-refractivity contribution in [2.45, 2.75) is 16.6 Å². The van der Waals surface area contributed by atoms with E-state index in [9.17, 15) is 24.3 Å². The van der Waals surface area contributed by atoms with Crippen LogP contribution in [0.4, 0.5) is 0 Å². The van der Waals surface area contributed by atoms with Gasteiger partial charge in [-0.15, -0.1) is 11.8 Å². The third-order valence-corrected chi connectivity index (χ3v) is 6.08. The third kappa shape index (κ3) is 2.65. The average Bonchev–Trinajstić information content (AvgIpc) is 2.55. The van der Waals surface area contributed by atoms with Gasteiger partial charge >= 0.3 is 11.1 Å². The lowest BCUT2D eigenvalue weighted by molar-refractivity contribution is -0.301. The number of hydrogen-bond acceptors (Lipinski definition) is 9. The minimum absolute atomic E-state index is 0.174. The summed E-state index contributed by atoms with van der Waals surface area (Å²) in [5, 5.41) is 13.6. The van der Waals surface area contributed by atoms with Gasteiger partial charge in [0, 0.05) is 18.6 Å². The van der Waals surface area contributed by atoms with Crippen LogP contribution in [0.15, 0.2) is 26.0 Å². The Balaban J connectivity index is 1.87. The molecular weight excluding hydrogens is 358 g/mol. The molecule has 2 aliphatic heterocycles. The number of aromatic nitrogens is 3. The van der Waals surface area contributed by atoms with Gasteiger partial charge < -0.3 is 15.6 Å². The van der Waals surface area contributed by atoms with E-state index in [-0.39, 0.29) is 16.6 Å². The van der Waals surface area contributed by atoms with Crippen LogP contribution in [-0.2, 0) is 16.6 Å². The Morgan fingerprint density at radius 3 is 2.88 bits per heavy atom. The molecule has 3 rings (SSSR count). The van der Waals surface area contributed by atoms with E-state index in [1.807, 2.05) is 0 Å². The van der Waals surface area contributed by atoms with Gasteiger partial charge in [0.2, 0.25) is 5.91 Å². The average molecular weight is 370 g/mol. The summed E-state index contributed by atoms with van der Waals surface area (Å²) in [6.45, 7) is 0. The maximum Gasteiger partial charge on any atom is 0.339 e. The molecule has 128 valence electrons. The fourth-order valence-electron chi connectivity index (χ4n) is 2.42. The van der Waals surface area contributed by atoms with Gasteiger partial charge in [0.1, 0.15) is 11.4 Å². The molecule has 24 heavy (non-hydrogen) atoms. The Labute approximate surface area is 143 Å².